The molecular weight excluding hydrogens is 326 g/mol. The number of nitrogen functional groups attached to an aromatic ring is 1. The van der Waals surface area contributed by atoms with Crippen LogP contribution in [-0.2, 0) is 0 Å². The summed E-state index contributed by atoms with van der Waals surface area (Å²) in [7, 11) is 0. The molecule has 0 unspecified atom stereocenters. The molecule has 0 atom stereocenters. The van der Waals surface area contributed by atoms with E-state index in [1.165, 1.54) is 11.3 Å². The molecule has 0 aliphatic heterocycles. The van der Waals surface area contributed by atoms with Crippen molar-refractivity contribution >= 4 is 44.5 Å². The Morgan fingerprint density at radius 1 is 1.33 bits per heavy atom. The molecule has 1 aromatic heterocycles. The fourth-order valence-corrected chi connectivity index (χ4v) is 2.62. The first kappa shape index (κ1) is 13.0. The van der Waals surface area contributed by atoms with Gasteiger partial charge in [-0.1, -0.05) is 0 Å². The lowest BCUT2D eigenvalue weighted by Crippen LogP contribution is -2.13. The molecule has 3 N–H and O–H groups in total. The van der Waals surface area contributed by atoms with E-state index in [-0.39, 0.29) is 11.4 Å². The second kappa shape index (κ2) is 5.03. The van der Waals surface area contributed by atoms with Crippen molar-refractivity contribution in [2.24, 2.45) is 0 Å². The predicted molar refractivity (Wildman–Crippen MR) is 70.7 cm³/mol. The van der Waals surface area contributed by atoms with E-state index in [9.17, 15) is 13.6 Å². The number of hydrogen-bond acceptors (Lipinski definition) is 3. The van der Waals surface area contributed by atoms with Gasteiger partial charge in [-0.2, -0.15) is 0 Å². The number of halogens is 3. The summed E-state index contributed by atoms with van der Waals surface area (Å²) in [6.07, 6.45) is 0. The van der Waals surface area contributed by atoms with Crippen LogP contribution in [0.15, 0.2) is 28.1 Å². The number of carbonyl (C=O) groups excluding carboxylic acids is 1. The molecule has 2 aromatic rings. The summed E-state index contributed by atoms with van der Waals surface area (Å²) in [5.74, 6) is -2.19. The van der Waals surface area contributed by atoms with E-state index in [0.717, 1.165) is 9.85 Å². The summed E-state index contributed by atoms with van der Waals surface area (Å²) in [6.45, 7) is 0. The van der Waals surface area contributed by atoms with Crippen LogP contribution in [-0.4, -0.2) is 5.91 Å². The lowest BCUT2D eigenvalue weighted by Gasteiger charge is -2.08. The molecule has 94 valence electrons. The standard InChI is InChI=1S/C11H7BrF2N2OS/c12-9-2-1-8(18-9)11(17)16-10-6(14)3-5(13)4-7(10)15/h1-4H,15H2,(H,16,17). The van der Waals surface area contributed by atoms with Gasteiger partial charge in [-0.15, -0.1) is 11.3 Å². The number of thiophene rings is 1. The van der Waals surface area contributed by atoms with Gasteiger partial charge in [0.1, 0.15) is 11.5 Å². The Kier molecular flexibility index (Phi) is 3.63. The van der Waals surface area contributed by atoms with Crippen LogP contribution in [0.3, 0.4) is 0 Å². The van der Waals surface area contributed by atoms with E-state index in [1.54, 1.807) is 12.1 Å². The van der Waals surface area contributed by atoms with Gasteiger partial charge in [-0.3, -0.25) is 4.79 Å². The van der Waals surface area contributed by atoms with Gasteiger partial charge in [0, 0.05) is 6.07 Å². The molecule has 1 amide bonds. The maximum absolute atomic E-state index is 13.5. The first-order valence-electron chi connectivity index (χ1n) is 4.78. The van der Waals surface area contributed by atoms with Crippen molar-refractivity contribution in [2.75, 3.05) is 11.1 Å². The molecule has 18 heavy (non-hydrogen) atoms. The molecule has 0 aliphatic rings. The first-order valence-corrected chi connectivity index (χ1v) is 6.39. The number of nitrogens with one attached hydrogen (secondary N) is 1. The Balaban J connectivity index is 2.27. The predicted octanol–water partition coefficient (Wildman–Crippen LogP) is 3.62. The number of anilines is 2. The highest BCUT2D eigenvalue weighted by atomic mass is 79.9. The molecular formula is C11H7BrF2N2OS. The molecule has 3 nitrogen and oxygen atoms in total. The molecule has 7 heteroatoms. The summed E-state index contributed by atoms with van der Waals surface area (Å²) in [5.41, 5.74) is 5.08. The smallest absolute Gasteiger partial charge is 0.265 e. The summed E-state index contributed by atoms with van der Waals surface area (Å²) >= 11 is 4.41. The van der Waals surface area contributed by atoms with Crippen molar-refractivity contribution in [1.29, 1.82) is 0 Å². The van der Waals surface area contributed by atoms with Gasteiger partial charge in [0.15, 0.2) is 5.82 Å². The number of hydrogen-bond donors (Lipinski definition) is 2. The summed E-state index contributed by atoms with van der Waals surface area (Å²) in [5, 5.41) is 2.32. The highest BCUT2D eigenvalue weighted by Crippen LogP contribution is 2.27. The Morgan fingerprint density at radius 2 is 2.06 bits per heavy atom. The minimum Gasteiger partial charge on any atom is -0.397 e. The van der Waals surface area contributed by atoms with E-state index < -0.39 is 17.5 Å². The van der Waals surface area contributed by atoms with Crippen molar-refractivity contribution in [3.63, 3.8) is 0 Å². The fraction of sp³-hybridized carbons (Fsp3) is 0. The monoisotopic (exact) mass is 332 g/mol. The van der Waals surface area contributed by atoms with Gasteiger partial charge < -0.3 is 11.1 Å². The first-order chi connectivity index (χ1) is 8.47. The SMILES string of the molecule is Nc1cc(F)cc(F)c1NC(=O)c1ccc(Br)s1. The molecule has 1 aromatic carbocycles. The molecule has 0 radical (unpaired) electrons. The van der Waals surface area contributed by atoms with Crippen LogP contribution in [0.5, 0.6) is 0 Å². The van der Waals surface area contributed by atoms with Crippen LogP contribution < -0.4 is 11.1 Å². The van der Waals surface area contributed by atoms with Gasteiger partial charge in [-0.05, 0) is 34.1 Å². The Bertz CT molecular complexity index is 592. The van der Waals surface area contributed by atoms with Gasteiger partial charge in [0.05, 0.1) is 14.4 Å². The summed E-state index contributed by atoms with van der Waals surface area (Å²) in [6, 6.07) is 4.89. The maximum Gasteiger partial charge on any atom is 0.265 e. The average molecular weight is 333 g/mol. The van der Waals surface area contributed by atoms with Crippen LogP contribution in [0.4, 0.5) is 20.2 Å². The average Bonchev–Trinajstić information content (AvgIpc) is 2.70. The fourth-order valence-electron chi connectivity index (χ4n) is 1.34. The minimum absolute atomic E-state index is 0.156. The lowest BCUT2D eigenvalue weighted by molar-refractivity contribution is 0.103. The molecule has 0 aliphatic carbocycles. The second-order valence-electron chi connectivity index (χ2n) is 3.41. The zero-order valence-electron chi connectivity index (χ0n) is 8.84. The maximum atomic E-state index is 13.5. The molecule has 0 saturated heterocycles. The zero-order chi connectivity index (χ0) is 13.3. The summed E-state index contributed by atoms with van der Waals surface area (Å²) < 4.78 is 27.1. The van der Waals surface area contributed by atoms with Crippen LogP contribution >= 0.6 is 27.3 Å². The normalized spacial score (nSPS) is 10.4. The van der Waals surface area contributed by atoms with Crippen molar-refractivity contribution < 1.29 is 13.6 Å². The zero-order valence-corrected chi connectivity index (χ0v) is 11.2. The number of nitrogens with two attached hydrogens (primary N) is 1. The third-order valence-electron chi connectivity index (χ3n) is 2.12. The van der Waals surface area contributed by atoms with E-state index in [4.69, 9.17) is 5.73 Å². The summed E-state index contributed by atoms with van der Waals surface area (Å²) in [4.78, 5) is 12.2. The van der Waals surface area contributed by atoms with Crippen LogP contribution in [0, 0.1) is 11.6 Å². The van der Waals surface area contributed by atoms with E-state index >= 15 is 0 Å². The topological polar surface area (TPSA) is 55.1 Å². The lowest BCUT2D eigenvalue weighted by atomic mass is 10.2. The minimum atomic E-state index is -0.906. The molecule has 0 spiro atoms. The highest BCUT2D eigenvalue weighted by Gasteiger charge is 2.14. The van der Waals surface area contributed by atoms with Gasteiger partial charge in [-0.25, -0.2) is 8.78 Å². The quantitative estimate of drug-likeness (QED) is 0.825. The van der Waals surface area contributed by atoms with Gasteiger partial charge in [0.2, 0.25) is 0 Å². The second-order valence-corrected chi connectivity index (χ2v) is 5.87. The third-order valence-corrected chi connectivity index (χ3v) is 3.74. The molecule has 0 fully saturated rings. The Morgan fingerprint density at radius 3 is 2.61 bits per heavy atom. The number of amides is 1. The largest absolute Gasteiger partial charge is 0.397 e. The van der Waals surface area contributed by atoms with Crippen molar-refractivity contribution in [2.45, 2.75) is 0 Å². The number of benzene rings is 1. The van der Waals surface area contributed by atoms with Crippen LogP contribution in [0.25, 0.3) is 0 Å². The van der Waals surface area contributed by atoms with Crippen LogP contribution in [0.2, 0.25) is 0 Å². The molecule has 2 rings (SSSR count). The van der Waals surface area contributed by atoms with Crippen molar-refractivity contribution in [1.82, 2.24) is 0 Å². The molecule has 0 saturated carbocycles. The van der Waals surface area contributed by atoms with E-state index in [2.05, 4.69) is 21.2 Å². The Labute approximate surface area is 114 Å². The van der Waals surface area contributed by atoms with Crippen molar-refractivity contribution in [3.05, 3.63) is 44.6 Å². The highest BCUT2D eigenvalue weighted by molar-refractivity contribution is 9.11. The molecule has 1 heterocycles. The van der Waals surface area contributed by atoms with E-state index in [0.29, 0.717) is 10.9 Å². The third kappa shape index (κ3) is 2.68. The van der Waals surface area contributed by atoms with Crippen molar-refractivity contribution in [3.8, 4) is 0 Å². The van der Waals surface area contributed by atoms with Gasteiger partial charge >= 0.3 is 0 Å². The number of carbonyl (C=O) groups is 1. The van der Waals surface area contributed by atoms with Crippen LogP contribution in [0.1, 0.15) is 9.67 Å². The van der Waals surface area contributed by atoms with Gasteiger partial charge in [0.25, 0.3) is 5.91 Å². The van der Waals surface area contributed by atoms with E-state index in [1.807, 2.05) is 0 Å². The Hall–Kier alpha value is -1.47. The molecule has 0 bridgehead atoms. The number of rotatable bonds is 2.